The quantitative estimate of drug-likeness (QED) is 0.382. The zero-order chi connectivity index (χ0) is 13.7. The first-order valence-corrected chi connectivity index (χ1v) is 6.59. The Morgan fingerprint density at radius 3 is 2.05 bits per heavy atom. The van der Waals surface area contributed by atoms with Gasteiger partial charge in [0, 0.05) is 12.4 Å². The van der Waals surface area contributed by atoms with Crippen LogP contribution in [-0.2, 0) is 11.2 Å². The molecule has 0 unspecified atom stereocenters. The zero-order valence-electron chi connectivity index (χ0n) is 11.7. The Hall–Kier alpha value is -0.974. The summed E-state index contributed by atoms with van der Waals surface area (Å²) >= 11 is 0. The van der Waals surface area contributed by atoms with Crippen molar-refractivity contribution < 1.29 is 61.3 Å². The van der Waals surface area contributed by atoms with Crippen LogP contribution in [0.5, 0.6) is 0 Å². The molecule has 2 nitrogen and oxygen atoms in total. The normalized spacial score (nSPS) is 11.0. The summed E-state index contributed by atoms with van der Waals surface area (Å²) in [5, 5.41) is 17.8. The molecule has 0 amide bonds. The summed E-state index contributed by atoms with van der Waals surface area (Å²) in [4.78, 5) is 10.9. The van der Waals surface area contributed by atoms with Crippen molar-refractivity contribution in [2.45, 2.75) is 6.42 Å². The Kier molecular flexibility index (Phi) is 4.03. The number of carbonyl (C=O) groups excluding carboxylic acids is 1. The number of rotatable bonds is 2. The smallest absolute Gasteiger partial charge is 0.550 e. The van der Waals surface area contributed by atoms with Crippen molar-refractivity contribution in [3.63, 3.8) is 0 Å². The second-order valence-electron chi connectivity index (χ2n) is 5.13. The van der Waals surface area contributed by atoms with Gasteiger partial charge in [0.15, 0.2) is 0 Å². The Labute approximate surface area is 164 Å². The van der Waals surface area contributed by atoms with E-state index in [1.165, 1.54) is 16.2 Å². The zero-order valence-corrected chi connectivity index (χ0v) is 14.8. The van der Waals surface area contributed by atoms with Gasteiger partial charge in [-0.25, -0.2) is 0 Å². The van der Waals surface area contributed by atoms with Crippen LogP contribution in [0, 0.1) is 0 Å². The summed E-state index contributed by atoms with van der Waals surface area (Å²) in [5.41, 5.74) is 0.816. The summed E-state index contributed by atoms with van der Waals surface area (Å²) in [5.74, 6) is -1.04. The van der Waals surface area contributed by atoms with Gasteiger partial charge in [0.05, 0.1) is 0 Å². The van der Waals surface area contributed by atoms with Gasteiger partial charge in [0.1, 0.15) is 0 Å². The average molecular weight is 298 g/mol. The van der Waals surface area contributed by atoms with Crippen LogP contribution in [0.1, 0.15) is 5.56 Å². The third-order valence-corrected chi connectivity index (χ3v) is 3.95. The van der Waals surface area contributed by atoms with E-state index in [0.29, 0.717) is 0 Å². The third kappa shape index (κ3) is 2.39. The molecule has 3 heteroatoms. The molecule has 0 aromatic heterocycles. The van der Waals surface area contributed by atoms with E-state index in [1.807, 2.05) is 24.3 Å². The number of carbonyl (C=O) groups is 1. The fourth-order valence-corrected chi connectivity index (χ4v) is 3.11. The molecule has 0 heterocycles. The topological polar surface area (TPSA) is 40.1 Å². The van der Waals surface area contributed by atoms with Crippen LogP contribution in [0.4, 0.5) is 0 Å². The Balaban J connectivity index is 0.00000132. The first kappa shape index (κ1) is 14.9. The fourth-order valence-electron chi connectivity index (χ4n) is 3.11. The van der Waals surface area contributed by atoms with Crippen LogP contribution < -0.4 is 56.5 Å². The molecule has 21 heavy (non-hydrogen) atoms. The number of hydrogen-bond acceptors (Lipinski definition) is 2. The third-order valence-electron chi connectivity index (χ3n) is 3.95. The number of hydrogen-bond donors (Lipinski definition) is 0. The van der Waals surface area contributed by atoms with E-state index in [0.717, 1.165) is 21.7 Å². The predicted octanol–water partition coefficient (Wildman–Crippen LogP) is -0.120. The van der Waals surface area contributed by atoms with E-state index < -0.39 is 5.97 Å². The van der Waals surface area contributed by atoms with Crippen molar-refractivity contribution in [1.82, 2.24) is 0 Å². The molecule has 0 aliphatic carbocycles. The van der Waals surface area contributed by atoms with Gasteiger partial charge in [-0.2, -0.15) is 0 Å². The molecule has 0 saturated heterocycles. The summed E-state index contributed by atoms with van der Waals surface area (Å²) in [6, 6.07) is 18.4. The molecule has 4 aromatic rings. The summed E-state index contributed by atoms with van der Waals surface area (Å²) in [7, 11) is 0. The molecule has 0 aliphatic heterocycles. The maximum Gasteiger partial charge on any atom is 1.00 e. The molecule has 4 rings (SSSR count). The molecular formula is C18H11KO2. The first-order valence-electron chi connectivity index (χ1n) is 6.59. The van der Waals surface area contributed by atoms with Crippen molar-refractivity contribution in [1.29, 1.82) is 0 Å². The minimum Gasteiger partial charge on any atom is -0.550 e. The number of carboxylic acids is 1. The monoisotopic (exact) mass is 298 g/mol. The van der Waals surface area contributed by atoms with Crippen molar-refractivity contribution >= 4 is 38.3 Å². The van der Waals surface area contributed by atoms with E-state index in [2.05, 4.69) is 30.3 Å². The maximum atomic E-state index is 10.9. The first-order chi connectivity index (χ1) is 9.74. The summed E-state index contributed by atoms with van der Waals surface area (Å²) in [6.45, 7) is 0. The molecule has 0 atom stereocenters. The second-order valence-corrected chi connectivity index (χ2v) is 5.13. The number of carboxylic acid groups (broad SMARTS) is 1. The van der Waals surface area contributed by atoms with Crippen LogP contribution in [0.2, 0.25) is 0 Å². The fraction of sp³-hybridized carbons (Fsp3) is 0.0556. The Bertz CT molecular complexity index is 944. The van der Waals surface area contributed by atoms with E-state index in [4.69, 9.17) is 0 Å². The molecule has 0 aliphatic rings. The molecule has 0 fully saturated rings. The molecule has 0 saturated carbocycles. The van der Waals surface area contributed by atoms with Gasteiger partial charge in [0.25, 0.3) is 0 Å². The van der Waals surface area contributed by atoms with Crippen LogP contribution in [0.15, 0.2) is 54.6 Å². The van der Waals surface area contributed by atoms with E-state index in [1.54, 1.807) is 0 Å². The van der Waals surface area contributed by atoms with Crippen LogP contribution in [0.3, 0.4) is 0 Å². The van der Waals surface area contributed by atoms with Crippen molar-refractivity contribution in [3.05, 3.63) is 60.2 Å². The van der Waals surface area contributed by atoms with Gasteiger partial charge in [-0.15, -0.1) is 0 Å². The molecule has 4 aromatic carbocycles. The average Bonchev–Trinajstić information content (AvgIpc) is 2.46. The summed E-state index contributed by atoms with van der Waals surface area (Å²) in [6.07, 6.45) is -0.0475. The maximum absolute atomic E-state index is 10.9. The SMILES string of the molecule is O=C([O-])Cc1ccc2ccc3cccc4ccc1c2c34.[K+]. The van der Waals surface area contributed by atoms with Gasteiger partial charge >= 0.3 is 51.4 Å². The van der Waals surface area contributed by atoms with Gasteiger partial charge in [-0.3, -0.25) is 0 Å². The molecule has 0 N–H and O–H groups in total. The number of benzene rings is 4. The van der Waals surface area contributed by atoms with Crippen LogP contribution >= 0.6 is 0 Å². The van der Waals surface area contributed by atoms with Crippen LogP contribution in [0.25, 0.3) is 32.3 Å². The molecular weight excluding hydrogens is 287 g/mol. The van der Waals surface area contributed by atoms with Gasteiger partial charge < -0.3 is 9.90 Å². The molecule has 96 valence electrons. The minimum atomic E-state index is -1.04. The van der Waals surface area contributed by atoms with Crippen molar-refractivity contribution in [3.8, 4) is 0 Å². The Morgan fingerprint density at radius 1 is 0.810 bits per heavy atom. The summed E-state index contributed by atoms with van der Waals surface area (Å²) < 4.78 is 0. The minimum absolute atomic E-state index is 0. The van der Waals surface area contributed by atoms with Gasteiger partial charge in [-0.1, -0.05) is 54.6 Å². The van der Waals surface area contributed by atoms with E-state index >= 15 is 0 Å². The second kappa shape index (κ2) is 5.67. The predicted molar refractivity (Wildman–Crippen MR) is 78.9 cm³/mol. The van der Waals surface area contributed by atoms with E-state index in [9.17, 15) is 9.90 Å². The molecule has 0 radical (unpaired) electrons. The molecule has 0 bridgehead atoms. The largest absolute Gasteiger partial charge is 1.00 e. The van der Waals surface area contributed by atoms with Gasteiger partial charge in [0.2, 0.25) is 0 Å². The number of aliphatic carboxylic acids is 1. The van der Waals surface area contributed by atoms with E-state index in [-0.39, 0.29) is 57.8 Å². The Morgan fingerprint density at radius 2 is 1.38 bits per heavy atom. The molecule has 0 spiro atoms. The van der Waals surface area contributed by atoms with Crippen molar-refractivity contribution in [2.75, 3.05) is 0 Å². The van der Waals surface area contributed by atoms with Gasteiger partial charge in [-0.05, 0) is 37.9 Å². The van der Waals surface area contributed by atoms with Crippen LogP contribution in [-0.4, -0.2) is 5.97 Å². The standard InChI is InChI=1S/C18H12O2.K/c19-16(20)10-14-7-6-13-5-4-11-2-1-3-12-8-9-15(14)18(13)17(11)12;/h1-9H,10H2,(H,19,20);/q;+1/p-1. The van der Waals surface area contributed by atoms with Crippen molar-refractivity contribution in [2.24, 2.45) is 0 Å².